The maximum Gasteiger partial charge on any atom is 0.337 e. The molecule has 5 heteroatoms. The third kappa shape index (κ3) is 4.07. The van der Waals surface area contributed by atoms with Gasteiger partial charge in [-0.3, -0.25) is 4.98 Å². The smallest absolute Gasteiger partial charge is 0.337 e. The number of hydrogen-bond acceptors (Lipinski definition) is 4. The minimum Gasteiger partial charge on any atom is -0.478 e. The fourth-order valence-electron chi connectivity index (χ4n) is 4.48. The fourth-order valence-corrected chi connectivity index (χ4v) is 4.48. The van der Waals surface area contributed by atoms with Gasteiger partial charge in [-0.15, -0.1) is 0 Å². The lowest BCUT2D eigenvalue weighted by molar-refractivity contribution is 0.0698. The summed E-state index contributed by atoms with van der Waals surface area (Å²) in [5, 5.41) is 16.3. The summed E-state index contributed by atoms with van der Waals surface area (Å²) in [6.45, 7) is 0.731. The Morgan fingerprint density at radius 3 is 2.81 bits per heavy atom. The van der Waals surface area contributed by atoms with Gasteiger partial charge in [0.15, 0.2) is 0 Å². The molecule has 1 heterocycles. The van der Waals surface area contributed by atoms with E-state index in [1.807, 2.05) is 0 Å². The zero-order valence-electron chi connectivity index (χ0n) is 15.6. The second-order valence-electron chi connectivity index (χ2n) is 7.74. The molecule has 142 valence electrons. The molecule has 1 saturated carbocycles. The fraction of sp³-hybridized carbons (Fsp3) is 0.455. The standard InChI is InChI=1S/C22H27N3O2/c26-22(27)20-10-11-23-14-21(20)24-13-16-5-3-4-15-12-18(8-9-19(15)16)25-17-6-1-2-7-17/h8-12,14,16-17,24-25H,1-7,13H2,(H,26,27)/t16-/m0/s1. The third-order valence-corrected chi connectivity index (χ3v) is 5.90. The first-order chi connectivity index (χ1) is 13.2. The number of carboxylic acids is 1. The second-order valence-corrected chi connectivity index (χ2v) is 7.74. The van der Waals surface area contributed by atoms with E-state index in [4.69, 9.17) is 0 Å². The maximum absolute atomic E-state index is 11.4. The van der Waals surface area contributed by atoms with E-state index in [0.29, 0.717) is 17.6 Å². The molecule has 0 aliphatic heterocycles. The molecule has 1 fully saturated rings. The topological polar surface area (TPSA) is 74.2 Å². The number of nitrogens with zero attached hydrogens (tertiary/aromatic N) is 1. The Bertz CT molecular complexity index is 815. The first kappa shape index (κ1) is 17.8. The van der Waals surface area contributed by atoms with Crippen LogP contribution in [-0.2, 0) is 6.42 Å². The van der Waals surface area contributed by atoms with Crippen molar-refractivity contribution < 1.29 is 9.90 Å². The van der Waals surface area contributed by atoms with Gasteiger partial charge < -0.3 is 15.7 Å². The highest BCUT2D eigenvalue weighted by Crippen LogP contribution is 2.34. The first-order valence-corrected chi connectivity index (χ1v) is 10.0. The quantitative estimate of drug-likeness (QED) is 0.694. The molecule has 0 unspecified atom stereocenters. The normalized spacial score (nSPS) is 19.5. The van der Waals surface area contributed by atoms with Gasteiger partial charge in [-0.25, -0.2) is 4.79 Å². The summed E-state index contributed by atoms with van der Waals surface area (Å²) in [6.07, 6.45) is 11.8. The van der Waals surface area contributed by atoms with Gasteiger partial charge in [-0.05, 0) is 61.4 Å². The molecule has 5 nitrogen and oxygen atoms in total. The first-order valence-electron chi connectivity index (χ1n) is 10.0. The van der Waals surface area contributed by atoms with Crippen molar-refractivity contribution >= 4 is 17.3 Å². The number of hydrogen-bond donors (Lipinski definition) is 3. The molecule has 0 amide bonds. The van der Waals surface area contributed by atoms with E-state index >= 15 is 0 Å². The van der Waals surface area contributed by atoms with Gasteiger partial charge in [0.05, 0.1) is 17.4 Å². The van der Waals surface area contributed by atoms with Gasteiger partial charge in [-0.2, -0.15) is 0 Å². The van der Waals surface area contributed by atoms with Crippen molar-refractivity contribution in [3.63, 3.8) is 0 Å². The Labute approximate surface area is 160 Å². The Morgan fingerprint density at radius 1 is 1.15 bits per heavy atom. The van der Waals surface area contributed by atoms with E-state index in [1.165, 1.54) is 55.1 Å². The lowest BCUT2D eigenvalue weighted by Gasteiger charge is -2.27. The predicted molar refractivity (Wildman–Crippen MR) is 108 cm³/mol. The number of pyridine rings is 1. The molecule has 1 aromatic carbocycles. The van der Waals surface area contributed by atoms with Gasteiger partial charge in [0.1, 0.15) is 0 Å². The number of aryl methyl sites for hydroxylation is 1. The van der Waals surface area contributed by atoms with Crippen LogP contribution >= 0.6 is 0 Å². The number of anilines is 2. The minimum atomic E-state index is -0.924. The molecule has 2 aromatic rings. The van der Waals surface area contributed by atoms with E-state index in [2.05, 4.69) is 33.8 Å². The van der Waals surface area contributed by atoms with Crippen LogP contribution in [-0.4, -0.2) is 28.6 Å². The van der Waals surface area contributed by atoms with Crippen LogP contribution in [0, 0.1) is 0 Å². The zero-order valence-corrected chi connectivity index (χ0v) is 15.6. The highest BCUT2D eigenvalue weighted by Gasteiger charge is 2.22. The predicted octanol–water partition coefficient (Wildman–Crippen LogP) is 4.67. The average molecular weight is 365 g/mol. The number of carbonyl (C=O) groups is 1. The van der Waals surface area contributed by atoms with Crippen molar-refractivity contribution in [2.24, 2.45) is 0 Å². The van der Waals surface area contributed by atoms with Crippen LogP contribution in [0.15, 0.2) is 36.7 Å². The number of nitrogens with one attached hydrogen (secondary N) is 2. The molecule has 4 rings (SSSR count). The van der Waals surface area contributed by atoms with E-state index in [-0.39, 0.29) is 5.56 Å². The van der Waals surface area contributed by atoms with Crippen LogP contribution in [0.1, 0.15) is 65.9 Å². The monoisotopic (exact) mass is 365 g/mol. The Hall–Kier alpha value is -2.56. The second kappa shape index (κ2) is 7.99. The summed E-state index contributed by atoms with van der Waals surface area (Å²) >= 11 is 0. The van der Waals surface area contributed by atoms with Crippen molar-refractivity contribution in [3.8, 4) is 0 Å². The van der Waals surface area contributed by atoms with Crippen molar-refractivity contribution in [1.29, 1.82) is 0 Å². The number of aromatic nitrogens is 1. The van der Waals surface area contributed by atoms with E-state index < -0.39 is 5.97 Å². The Balaban J connectivity index is 1.46. The summed E-state index contributed by atoms with van der Waals surface area (Å²) in [6, 6.07) is 8.97. The molecule has 0 radical (unpaired) electrons. The summed E-state index contributed by atoms with van der Waals surface area (Å²) in [4.78, 5) is 15.4. The average Bonchev–Trinajstić information content (AvgIpc) is 3.19. The van der Waals surface area contributed by atoms with Crippen LogP contribution in [0.4, 0.5) is 11.4 Å². The number of aromatic carboxylic acids is 1. The van der Waals surface area contributed by atoms with E-state index in [9.17, 15) is 9.90 Å². The van der Waals surface area contributed by atoms with Crippen LogP contribution in [0.5, 0.6) is 0 Å². The number of carboxylic acid groups (broad SMARTS) is 1. The Kier molecular flexibility index (Phi) is 5.28. The molecule has 2 aliphatic carbocycles. The summed E-state index contributed by atoms with van der Waals surface area (Å²) in [5.41, 5.74) is 4.94. The zero-order chi connectivity index (χ0) is 18.6. The third-order valence-electron chi connectivity index (χ3n) is 5.90. The van der Waals surface area contributed by atoms with Crippen LogP contribution in [0.2, 0.25) is 0 Å². The molecule has 27 heavy (non-hydrogen) atoms. The van der Waals surface area contributed by atoms with E-state index in [1.54, 1.807) is 12.3 Å². The molecule has 2 aliphatic rings. The van der Waals surface area contributed by atoms with Gasteiger partial charge in [0.2, 0.25) is 0 Å². The van der Waals surface area contributed by atoms with Crippen LogP contribution < -0.4 is 10.6 Å². The lowest BCUT2D eigenvalue weighted by atomic mass is 9.82. The summed E-state index contributed by atoms with van der Waals surface area (Å²) in [5.74, 6) is -0.525. The van der Waals surface area contributed by atoms with E-state index in [0.717, 1.165) is 19.4 Å². The highest BCUT2D eigenvalue weighted by atomic mass is 16.4. The molecular formula is C22H27N3O2. The number of benzene rings is 1. The highest BCUT2D eigenvalue weighted by molar-refractivity contribution is 5.93. The molecule has 0 spiro atoms. The maximum atomic E-state index is 11.4. The number of fused-ring (bicyclic) bond motifs is 1. The molecule has 0 bridgehead atoms. The SMILES string of the molecule is O=C(O)c1ccncc1NC[C@@H]1CCCc2cc(NC3CCCC3)ccc21. The van der Waals surface area contributed by atoms with Crippen LogP contribution in [0.25, 0.3) is 0 Å². The molecule has 0 saturated heterocycles. The largest absolute Gasteiger partial charge is 0.478 e. The number of rotatable bonds is 6. The molecule has 3 N–H and O–H groups in total. The van der Waals surface area contributed by atoms with Crippen molar-refractivity contribution in [2.75, 3.05) is 17.2 Å². The van der Waals surface area contributed by atoms with Crippen LogP contribution in [0.3, 0.4) is 0 Å². The minimum absolute atomic E-state index is 0.275. The molecular weight excluding hydrogens is 338 g/mol. The van der Waals surface area contributed by atoms with Gasteiger partial charge in [0, 0.05) is 30.4 Å². The van der Waals surface area contributed by atoms with Crippen molar-refractivity contribution in [3.05, 3.63) is 53.3 Å². The Morgan fingerprint density at radius 2 is 2.00 bits per heavy atom. The molecule has 1 aromatic heterocycles. The summed E-state index contributed by atoms with van der Waals surface area (Å²) < 4.78 is 0. The van der Waals surface area contributed by atoms with Gasteiger partial charge in [0.25, 0.3) is 0 Å². The molecule has 1 atom stereocenters. The van der Waals surface area contributed by atoms with Gasteiger partial charge >= 0.3 is 5.97 Å². The van der Waals surface area contributed by atoms with Crippen molar-refractivity contribution in [2.45, 2.75) is 56.9 Å². The summed E-state index contributed by atoms with van der Waals surface area (Å²) in [7, 11) is 0. The lowest BCUT2D eigenvalue weighted by Crippen LogP contribution is -2.20. The van der Waals surface area contributed by atoms with Crippen molar-refractivity contribution in [1.82, 2.24) is 4.98 Å². The van der Waals surface area contributed by atoms with Gasteiger partial charge in [-0.1, -0.05) is 18.9 Å².